The van der Waals surface area contributed by atoms with Crippen LogP contribution < -0.4 is 0 Å². The molecule has 0 aromatic rings. The summed E-state index contributed by atoms with van der Waals surface area (Å²) in [6, 6.07) is 0. The zero-order valence-corrected chi connectivity index (χ0v) is 19.4. The van der Waals surface area contributed by atoms with E-state index in [-0.39, 0.29) is 0 Å². The molecule has 0 spiro atoms. The molecule has 0 aliphatic carbocycles. The lowest BCUT2D eigenvalue weighted by atomic mass is 9.66. The van der Waals surface area contributed by atoms with E-state index in [9.17, 15) is 0 Å². The molecule has 0 heteroatoms. The zero-order valence-electron chi connectivity index (χ0n) is 19.4. The lowest BCUT2D eigenvalue weighted by molar-refractivity contribution is 0.230. The Labute approximate surface area is 168 Å². The molecule has 0 fully saturated rings. The van der Waals surface area contributed by atoms with E-state index in [0.29, 0.717) is 5.41 Å². The summed E-state index contributed by atoms with van der Waals surface area (Å²) in [4.78, 5) is 0. The van der Waals surface area contributed by atoms with Gasteiger partial charge < -0.3 is 0 Å². The van der Waals surface area contributed by atoms with Crippen LogP contribution in [0.4, 0.5) is 0 Å². The highest BCUT2D eigenvalue weighted by Crippen LogP contribution is 2.45. The molecule has 0 aromatic heterocycles. The first kappa shape index (κ1) is 26.0. The minimum Gasteiger partial charge on any atom is -0.0654 e. The van der Waals surface area contributed by atoms with Crippen molar-refractivity contribution in [2.75, 3.05) is 0 Å². The Morgan fingerprint density at radius 2 is 0.808 bits per heavy atom. The van der Waals surface area contributed by atoms with E-state index in [1.807, 2.05) is 5.92 Å². The lowest BCUT2D eigenvalue weighted by Crippen LogP contribution is -2.27. The highest BCUT2D eigenvalue weighted by Gasteiger charge is 2.32. The Morgan fingerprint density at radius 3 is 1.12 bits per heavy atom. The van der Waals surface area contributed by atoms with Crippen LogP contribution in [-0.4, -0.2) is 0 Å². The largest absolute Gasteiger partial charge is 0.0654 e. The van der Waals surface area contributed by atoms with Crippen molar-refractivity contribution in [3.05, 3.63) is 5.92 Å². The Kier molecular flexibility index (Phi) is 18.4. The van der Waals surface area contributed by atoms with E-state index < -0.39 is 0 Å². The van der Waals surface area contributed by atoms with Gasteiger partial charge >= 0.3 is 0 Å². The van der Waals surface area contributed by atoms with Gasteiger partial charge in [0.1, 0.15) is 0 Å². The number of hydrogen-bond donors (Lipinski definition) is 0. The van der Waals surface area contributed by atoms with Crippen LogP contribution in [0.2, 0.25) is 0 Å². The molecule has 0 aliphatic heterocycles. The molecule has 0 atom stereocenters. The third kappa shape index (κ3) is 11.7. The van der Waals surface area contributed by atoms with Crippen molar-refractivity contribution in [3.8, 4) is 0 Å². The molecule has 0 amide bonds. The monoisotopic (exact) mass is 365 g/mol. The summed E-state index contributed by atoms with van der Waals surface area (Å²) >= 11 is 0. The average Bonchev–Trinajstić information content (AvgIpc) is 2.67. The maximum atomic E-state index is 2.42. The van der Waals surface area contributed by atoms with Gasteiger partial charge in [-0.05, 0) is 43.4 Å². The van der Waals surface area contributed by atoms with Crippen molar-refractivity contribution < 1.29 is 0 Å². The molecule has 0 N–H and O–H groups in total. The maximum Gasteiger partial charge on any atom is -0.0185 e. The van der Waals surface area contributed by atoms with Gasteiger partial charge in [0.25, 0.3) is 0 Å². The van der Waals surface area contributed by atoms with Gasteiger partial charge in [-0.2, -0.15) is 0 Å². The molecule has 26 heavy (non-hydrogen) atoms. The van der Waals surface area contributed by atoms with Gasteiger partial charge in [0.05, 0.1) is 0 Å². The summed E-state index contributed by atoms with van der Waals surface area (Å²) in [6.07, 6.45) is 27.2. The van der Waals surface area contributed by atoms with Crippen LogP contribution in [0.25, 0.3) is 0 Å². The smallest absolute Gasteiger partial charge is 0.0185 e. The van der Waals surface area contributed by atoms with Gasteiger partial charge in [-0.25, -0.2) is 0 Å². The molecular formula is C26H53. The quantitative estimate of drug-likeness (QED) is 0.188. The molecule has 0 aliphatic rings. The molecule has 1 radical (unpaired) electrons. The third-order valence-electron chi connectivity index (χ3n) is 6.97. The van der Waals surface area contributed by atoms with E-state index in [1.165, 1.54) is 122 Å². The number of hydrogen-bond acceptors (Lipinski definition) is 0. The maximum absolute atomic E-state index is 2.42. The second-order valence-electron chi connectivity index (χ2n) is 8.64. The van der Waals surface area contributed by atoms with Crippen LogP contribution >= 0.6 is 0 Å². The first-order valence-corrected chi connectivity index (χ1v) is 12.6. The van der Waals surface area contributed by atoms with Crippen molar-refractivity contribution in [3.63, 3.8) is 0 Å². The summed E-state index contributed by atoms with van der Waals surface area (Å²) in [5.74, 6) is 1.83. The summed E-state index contributed by atoms with van der Waals surface area (Å²) in [7, 11) is 0. The fourth-order valence-electron chi connectivity index (χ4n) is 4.94. The summed E-state index contributed by atoms with van der Waals surface area (Å²) in [5.41, 5.74) is 0.556. The van der Waals surface area contributed by atoms with Crippen molar-refractivity contribution in [2.24, 2.45) is 5.41 Å². The Morgan fingerprint density at radius 1 is 0.462 bits per heavy atom. The van der Waals surface area contributed by atoms with Gasteiger partial charge in [0.2, 0.25) is 0 Å². The van der Waals surface area contributed by atoms with E-state index >= 15 is 0 Å². The van der Waals surface area contributed by atoms with Gasteiger partial charge in [-0.3, -0.25) is 0 Å². The second kappa shape index (κ2) is 18.4. The molecule has 157 valence electrons. The van der Waals surface area contributed by atoms with Crippen LogP contribution in [-0.2, 0) is 0 Å². The molecule has 0 nitrogen and oxygen atoms in total. The highest BCUT2D eigenvalue weighted by molar-refractivity contribution is 5.04. The van der Waals surface area contributed by atoms with Gasteiger partial charge in [-0.15, -0.1) is 0 Å². The standard InChI is InChI=1S/C26H53/c1-6-11-12-13-14-15-16-17-18-19-20-21-22-23-24-26(9-4,10-5)25(7-2)8-3/h6-24H2,1-5H3. The zero-order chi connectivity index (χ0) is 19.5. The molecule has 0 heterocycles. The first-order chi connectivity index (χ1) is 12.7. The van der Waals surface area contributed by atoms with Crippen molar-refractivity contribution in [1.29, 1.82) is 0 Å². The molecule has 0 saturated heterocycles. The van der Waals surface area contributed by atoms with E-state index in [2.05, 4.69) is 34.6 Å². The highest BCUT2D eigenvalue weighted by atomic mass is 14.4. The minimum absolute atomic E-state index is 0.556. The molecule has 0 unspecified atom stereocenters. The third-order valence-corrected chi connectivity index (χ3v) is 6.97. The summed E-state index contributed by atoms with van der Waals surface area (Å²) in [5, 5.41) is 0. The van der Waals surface area contributed by atoms with Gasteiger partial charge in [-0.1, -0.05) is 125 Å². The fourth-order valence-corrected chi connectivity index (χ4v) is 4.94. The molecular weight excluding hydrogens is 312 g/mol. The Hall–Kier alpha value is 0. The average molecular weight is 366 g/mol. The Balaban J connectivity index is 3.57. The van der Waals surface area contributed by atoms with Crippen molar-refractivity contribution >= 4 is 0 Å². The van der Waals surface area contributed by atoms with Crippen LogP contribution in [0.3, 0.4) is 0 Å². The second-order valence-corrected chi connectivity index (χ2v) is 8.64. The molecule has 0 aromatic carbocycles. The minimum atomic E-state index is 0.556. The SMILES string of the molecule is CCCCCCCCCCCCCCCCC(CC)(CC)[C](CC)CC. The van der Waals surface area contributed by atoms with E-state index in [0.717, 1.165) is 0 Å². The van der Waals surface area contributed by atoms with E-state index in [4.69, 9.17) is 0 Å². The fraction of sp³-hybridized carbons (Fsp3) is 0.962. The number of rotatable bonds is 20. The number of unbranched alkanes of at least 4 members (excludes halogenated alkanes) is 13. The molecule has 0 saturated carbocycles. The Bertz CT molecular complexity index is 259. The normalized spacial score (nSPS) is 12.2. The molecule has 0 rings (SSSR count). The summed E-state index contributed by atoms with van der Waals surface area (Å²) < 4.78 is 0. The van der Waals surface area contributed by atoms with Crippen LogP contribution in [0, 0.1) is 11.3 Å². The van der Waals surface area contributed by atoms with Crippen LogP contribution in [0.5, 0.6) is 0 Å². The first-order valence-electron chi connectivity index (χ1n) is 12.6. The lowest BCUT2D eigenvalue weighted by Gasteiger charge is -2.39. The van der Waals surface area contributed by atoms with Crippen molar-refractivity contribution in [1.82, 2.24) is 0 Å². The van der Waals surface area contributed by atoms with Crippen LogP contribution in [0.15, 0.2) is 0 Å². The summed E-state index contributed by atoms with van der Waals surface area (Å²) in [6.45, 7) is 11.9. The van der Waals surface area contributed by atoms with Gasteiger partial charge in [0, 0.05) is 0 Å². The van der Waals surface area contributed by atoms with E-state index in [1.54, 1.807) is 0 Å². The van der Waals surface area contributed by atoms with Gasteiger partial charge in [0.15, 0.2) is 0 Å². The topological polar surface area (TPSA) is 0 Å². The van der Waals surface area contributed by atoms with Crippen molar-refractivity contribution in [2.45, 2.75) is 157 Å². The predicted octanol–water partition coefficient (Wildman–Crippen LogP) is 10.1. The molecule has 0 bridgehead atoms. The predicted molar refractivity (Wildman–Crippen MR) is 122 cm³/mol. The van der Waals surface area contributed by atoms with Crippen LogP contribution in [0.1, 0.15) is 157 Å².